The molecule has 1 fully saturated rings. The summed E-state index contributed by atoms with van der Waals surface area (Å²) < 4.78 is 0. The van der Waals surface area contributed by atoms with E-state index in [1.165, 1.54) is 0 Å². The molecular weight excluding hydrogens is 76.1 g/mol. The van der Waals surface area contributed by atoms with Gasteiger partial charge >= 0.3 is 0 Å². The Morgan fingerprint density at radius 1 is 1.83 bits per heavy atom. The minimum atomic E-state index is 0.421. The molecule has 1 rings (SSSR count). The van der Waals surface area contributed by atoms with Crippen molar-refractivity contribution in [1.82, 2.24) is 5.32 Å². The van der Waals surface area contributed by atoms with E-state index in [1.807, 2.05) is 0 Å². The molecule has 0 aromatic rings. The van der Waals surface area contributed by atoms with Gasteiger partial charge in [-0.2, -0.15) is 0 Å². The summed E-state index contributed by atoms with van der Waals surface area (Å²) in [5.41, 5.74) is 5.46. The van der Waals surface area contributed by atoms with Crippen LogP contribution in [0.2, 0.25) is 0 Å². The van der Waals surface area contributed by atoms with E-state index in [0.29, 0.717) is 12.1 Å². The molecule has 0 aromatic heterocycles. The van der Waals surface area contributed by atoms with Gasteiger partial charge in [0.15, 0.2) is 0 Å². The van der Waals surface area contributed by atoms with Crippen molar-refractivity contribution < 1.29 is 0 Å². The zero-order valence-corrected chi connectivity index (χ0v) is 3.94. The van der Waals surface area contributed by atoms with Crippen LogP contribution in [-0.4, -0.2) is 18.6 Å². The number of hydrogen-bond donors (Lipinski definition) is 2. The summed E-state index contributed by atoms with van der Waals surface area (Å²) in [6, 6.07) is 0.981. The van der Waals surface area contributed by atoms with E-state index in [0.717, 1.165) is 6.54 Å². The third kappa shape index (κ3) is 0.420. The van der Waals surface area contributed by atoms with Crippen LogP contribution in [0.4, 0.5) is 0 Å². The average molecular weight is 86.1 g/mol. The third-order valence-corrected chi connectivity index (χ3v) is 1.32. The van der Waals surface area contributed by atoms with E-state index in [-0.39, 0.29) is 0 Å². The van der Waals surface area contributed by atoms with E-state index in [1.54, 1.807) is 0 Å². The maximum atomic E-state index is 5.46. The first-order valence-corrected chi connectivity index (χ1v) is 2.29. The molecule has 0 amide bonds. The molecule has 0 radical (unpaired) electrons. The van der Waals surface area contributed by atoms with Crippen LogP contribution in [0, 0.1) is 0 Å². The van der Waals surface area contributed by atoms with Crippen LogP contribution in [0.25, 0.3) is 0 Å². The number of nitrogens with two attached hydrogens (primary N) is 1. The first-order chi connectivity index (χ1) is 2.80. The van der Waals surface area contributed by atoms with Crippen LogP contribution >= 0.6 is 0 Å². The van der Waals surface area contributed by atoms with E-state index in [2.05, 4.69) is 12.2 Å². The maximum Gasteiger partial charge on any atom is 0.0318 e. The predicted molar refractivity (Wildman–Crippen MR) is 25.4 cm³/mol. The number of nitrogens with one attached hydrogen (secondary N) is 1. The molecule has 36 valence electrons. The van der Waals surface area contributed by atoms with Gasteiger partial charge in [-0.05, 0) is 6.92 Å². The molecule has 0 saturated carbocycles. The van der Waals surface area contributed by atoms with Crippen molar-refractivity contribution in [2.24, 2.45) is 5.73 Å². The summed E-state index contributed by atoms with van der Waals surface area (Å²) in [4.78, 5) is 0. The number of rotatable bonds is 0. The Hall–Kier alpha value is -0.0800. The Morgan fingerprint density at radius 3 is 2.33 bits per heavy atom. The van der Waals surface area contributed by atoms with Gasteiger partial charge in [0.1, 0.15) is 0 Å². The molecule has 0 aliphatic carbocycles. The summed E-state index contributed by atoms with van der Waals surface area (Å²) in [7, 11) is 0. The lowest BCUT2D eigenvalue weighted by Gasteiger charge is -2.31. The molecule has 3 N–H and O–H groups in total. The molecule has 0 bridgehead atoms. The monoisotopic (exact) mass is 86.1 g/mol. The lowest BCUT2D eigenvalue weighted by molar-refractivity contribution is 0.335. The molecule has 6 heavy (non-hydrogen) atoms. The van der Waals surface area contributed by atoms with Gasteiger partial charge in [-0.25, -0.2) is 0 Å². The topological polar surface area (TPSA) is 38.0 Å². The Kier molecular flexibility index (Phi) is 0.821. The molecule has 2 atom stereocenters. The Morgan fingerprint density at radius 2 is 2.33 bits per heavy atom. The average Bonchev–Trinajstić information content (AvgIpc) is 1.61. The van der Waals surface area contributed by atoms with Crippen LogP contribution in [0.15, 0.2) is 0 Å². The van der Waals surface area contributed by atoms with Gasteiger partial charge in [0, 0.05) is 18.6 Å². The summed E-state index contributed by atoms with van der Waals surface area (Å²) in [5, 5.41) is 3.13. The highest BCUT2D eigenvalue weighted by Crippen LogP contribution is 1.96. The van der Waals surface area contributed by atoms with Gasteiger partial charge in [-0.1, -0.05) is 0 Å². The van der Waals surface area contributed by atoms with Crippen molar-refractivity contribution in [1.29, 1.82) is 0 Å². The molecular formula is C4H10N2. The second kappa shape index (κ2) is 1.21. The van der Waals surface area contributed by atoms with Crippen molar-refractivity contribution in [2.75, 3.05) is 6.54 Å². The second-order valence-corrected chi connectivity index (χ2v) is 1.86. The lowest BCUT2D eigenvalue weighted by Crippen LogP contribution is -2.60. The van der Waals surface area contributed by atoms with Crippen molar-refractivity contribution in [3.8, 4) is 0 Å². The fraction of sp³-hybridized carbons (Fsp3) is 1.00. The van der Waals surface area contributed by atoms with Crippen molar-refractivity contribution in [2.45, 2.75) is 19.0 Å². The predicted octanol–water partition coefficient (Wildman–Crippen LogP) is -0.695. The molecule has 1 saturated heterocycles. The quantitative estimate of drug-likeness (QED) is 0.409. The molecule has 1 aliphatic rings. The normalized spacial score (nSPS) is 45.0. The molecule has 0 aromatic carbocycles. The molecule has 2 nitrogen and oxygen atoms in total. The van der Waals surface area contributed by atoms with Crippen molar-refractivity contribution >= 4 is 0 Å². The van der Waals surface area contributed by atoms with Gasteiger partial charge in [0.05, 0.1) is 0 Å². The van der Waals surface area contributed by atoms with Crippen LogP contribution in [0.3, 0.4) is 0 Å². The molecule has 0 spiro atoms. The van der Waals surface area contributed by atoms with Crippen LogP contribution in [0.1, 0.15) is 6.92 Å². The van der Waals surface area contributed by atoms with Crippen LogP contribution in [-0.2, 0) is 0 Å². The standard InChI is InChI=1S/C4H10N2/c1-3-4(5)2-6-3/h3-4,6H,2,5H2,1H3/t3-,4-/m1/s1. The van der Waals surface area contributed by atoms with Gasteiger partial charge in [-0.15, -0.1) is 0 Å². The lowest BCUT2D eigenvalue weighted by atomic mass is 10.0. The zero-order valence-electron chi connectivity index (χ0n) is 3.94. The molecule has 1 heterocycles. The first kappa shape index (κ1) is 4.09. The SMILES string of the molecule is C[C@H]1NC[C@H]1N. The van der Waals surface area contributed by atoms with E-state index in [9.17, 15) is 0 Å². The highest BCUT2D eigenvalue weighted by molar-refractivity contribution is 4.87. The smallest absolute Gasteiger partial charge is 0.0318 e. The third-order valence-electron chi connectivity index (χ3n) is 1.32. The van der Waals surface area contributed by atoms with E-state index < -0.39 is 0 Å². The van der Waals surface area contributed by atoms with Crippen molar-refractivity contribution in [3.05, 3.63) is 0 Å². The molecule has 0 unspecified atom stereocenters. The van der Waals surface area contributed by atoms with Gasteiger partial charge in [0.25, 0.3) is 0 Å². The fourth-order valence-corrected chi connectivity index (χ4v) is 0.490. The Balaban J connectivity index is 2.20. The Bertz CT molecular complexity index is 45.5. The first-order valence-electron chi connectivity index (χ1n) is 2.29. The van der Waals surface area contributed by atoms with E-state index >= 15 is 0 Å². The summed E-state index contributed by atoms with van der Waals surface area (Å²) in [5.74, 6) is 0. The number of hydrogen-bond acceptors (Lipinski definition) is 2. The summed E-state index contributed by atoms with van der Waals surface area (Å²) in [6.07, 6.45) is 0. The maximum absolute atomic E-state index is 5.46. The van der Waals surface area contributed by atoms with Crippen molar-refractivity contribution in [3.63, 3.8) is 0 Å². The van der Waals surface area contributed by atoms with Crippen LogP contribution in [0.5, 0.6) is 0 Å². The summed E-state index contributed by atoms with van der Waals surface area (Å²) in [6.45, 7) is 3.09. The summed E-state index contributed by atoms with van der Waals surface area (Å²) >= 11 is 0. The molecule has 1 aliphatic heterocycles. The Labute approximate surface area is 37.7 Å². The minimum absolute atomic E-state index is 0.421. The van der Waals surface area contributed by atoms with Crippen LogP contribution < -0.4 is 11.1 Å². The van der Waals surface area contributed by atoms with Gasteiger partial charge in [-0.3, -0.25) is 0 Å². The van der Waals surface area contributed by atoms with Gasteiger partial charge in [0.2, 0.25) is 0 Å². The van der Waals surface area contributed by atoms with Gasteiger partial charge < -0.3 is 11.1 Å². The highest BCUT2D eigenvalue weighted by atomic mass is 15.1. The largest absolute Gasteiger partial charge is 0.325 e. The fourth-order valence-electron chi connectivity index (χ4n) is 0.490. The highest BCUT2D eigenvalue weighted by Gasteiger charge is 2.20. The zero-order chi connectivity index (χ0) is 4.57. The minimum Gasteiger partial charge on any atom is -0.325 e. The second-order valence-electron chi connectivity index (χ2n) is 1.86. The molecule has 2 heteroatoms. The van der Waals surface area contributed by atoms with E-state index in [4.69, 9.17) is 5.73 Å².